The van der Waals surface area contributed by atoms with Crippen LogP contribution in [0, 0.1) is 0 Å². The molecule has 5 heteroatoms. The van der Waals surface area contributed by atoms with Gasteiger partial charge >= 0.3 is 0 Å². The molecule has 0 aliphatic heterocycles. The van der Waals surface area contributed by atoms with Crippen LogP contribution in [-0.4, -0.2) is 12.1 Å². The monoisotopic (exact) mass is 364 g/mol. The molecule has 0 bridgehead atoms. The highest BCUT2D eigenvalue weighted by molar-refractivity contribution is 6.30. The molecular formula is C21H17ClN2O2. The molecule has 1 N–H and O–H groups in total. The SMILES string of the molecule is O=C(N/N=C/c1ccccc1OCc1ccc(Cl)cc1)c1ccccc1. The summed E-state index contributed by atoms with van der Waals surface area (Å²) in [5, 5.41) is 4.71. The molecule has 0 saturated heterocycles. The fraction of sp³-hybridized carbons (Fsp3) is 0.0476. The number of hydrazone groups is 1. The van der Waals surface area contributed by atoms with Gasteiger partial charge in [0.05, 0.1) is 6.21 Å². The lowest BCUT2D eigenvalue weighted by Gasteiger charge is -2.09. The first-order chi connectivity index (χ1) is 12.7. The van der Waals surface area contributed by atoms with Crippen LogP contribution >= 0.6 is 11.6 Å². The second kappa shape index (κ2) is 8.83. The predicted molar refractivity (Wildman–Crippen MR) is 104 cm³/mol. The van der Waals surface area contributed by atoms with Gasteiger partial charge in [-0.2, -0.15) is 5.10 Å². The molecule has 0 aromatic heterocycles. The molecule has 0 radical (unpaired) electrons. The molecule has 130 valence electrons. The maximum Gasteiger partial charge on any atom is 0.271 e. The zero-order chi connectivity index (χ0) is 18.2. The molecule has 4 nitrogen and oxygen atoms in total. The van der Waals surface area contributed by atoms with E-state index < -0.39 is 0 Å². The summed E-state index contributed by atoms with van der Waals surface area (Å²) in [7, 11) is 0. The molecule has 0 fully saturated rings. The van der Waals surface area contributed by atoms with Crippen LogP contribution in [0.5, 0.6) is 5.75 Å². The van der Waals surface area contributed by atoms with Gasteiger partial charge in [-0.15, -0.1) is 0 Å². The molecule has 0 aliphatic carbocycles. The van der Waals surface area contributed by atoms with Gasteiger partial charge in [0.2, 0.25) is 0 Å². The lowest BCUT2D eigenvalue weighted by molar-refractivity contribution is 0.0955. The summed E-state index contributed by atoms with van der Waals surface area (Å²) in [6.45, 7) is 0.415. The zero-order valence-corrected chi connectivity index (χ0v) is 14.7. The van der Waals surface area contributed by atoms with E-state index in [9.17, 15) is 4.79 Å². The van der Waals surface area contributed by atoms with E-state index in [0.717, 1.165) is 11.1 Å². The van der Waals surface area contributed by atoms with E-state index in [0.29, 0.717) is 22.9 Å². The van der Waals surface area contributed by atoms with Crippen LogP contribution in [0.1, 0.15) is 21.5 Å². The number of carbonyl (C=O) groups is 1. The van der Waals surface area contributed by atoms with Gasteiger partial charge in [-0.3, -0.25) is 4.79 Å². The fourth-order valence-corrected chi connectivity index (χ4v) is 2.40. The van der Waals surface area contributed by atoms with E-state index in [4.69, 9.17) is 16.3 Å². The van der Waals surface area contributed by atoms with Gasteiger partial charge in [0.15, 0.2) is 0 Å². The normalized spacial score (nSPS) is 10.7. The Morgan fingerprint density at radius 1 is 0.962 bits per heavy atom. The number of nitrogens with one attached hydrogen (secondary N) is 1. The molecule has 3 aromatic carbocycles. The molecule has 3 rings (SSSR count). The van der Waals surface area contributed by atoms with E-state index in [2.05, 4.69) is 10.5 Å². The Morgan fingerprint density at radius 3 is 2.42 bits per heavy atom. The number of amides is 1. The summed E-state index contributed by atoms with van der Waals surface area (Å²) >= 11 is 5.89. The van der Waals surface area contributed by atoms with Crippen LogP contribution in [-0.2, 0) is 6.61 Å². The highest BCUT2D eigenvalue weighted by Crippen LogP contribution is 2.18. The number of halogens is 1. The van der Waals surface area contributed by atoms with E-state index in [1.54, 1.807) is 30.5 Å². The van der Waals surface area contributed by atoms with Crippen LogP contribution in [0.4, 0.5) is 0 Å². The first-order valence-electron chi connectivity index (χ1n) is 8.07. The smallest absolute Gasteiger partial charge is 0.271 e. The molecule has 0 aliphatic rings. The maximum atomic E-state index is 12.0. The highest BCUT2D eigenvalue weighted by Gasteiger charge is 2.04. The zero-order valence-electron chi connectivity index (χ0n) is 13.9. The van der Waals surface area contributed by atoms with Crippen LogP contribution in [0.2, 0.25) is 5.02 Å². The van der Waals surface area contributed by atoms with Crippen LogP contribution in [0.3, 0.4) is 0 Å². The number of hydrogen-bond donors (Lipinski definition) is 1. The fourth-order valence-electron chi connectivity index (χ4n) is 2.27. The van der Waals surface area contributed by atoms with Gasteiger partial charge in [-0.25, -0.2) is 5.43 Å². The lowest BCUT2D eigenvalue weighted by Crippen LogP contribution is -2.17. The van der Waals surface area contributed by atoms with E-state index >= 15 is 0 Å². The molecule has 1 amide bonds. The average molecular weight is 365 g/mol. The van der Waals surface area contributed by atoms with Gasteiger partial charge in [0.25, 0.3) is 5.91 Å². The van der Waals surface area contributed by atoms with Crippen LogP contribution < -0.4 is 10.2 Å². The quantitative estimate of drug-likeness (QED) is 0.510. The Bertz CT molecular complexity index is 893. The number of ether oxygens (including phenoxy) is 1. The van der Waals surface area contributed by atoms with Crippen molar-refractivity contribution >= 4 is 23.7 Å². The Labute approximate surface area is 157 Å². The van der Waals surface area contributed by atoms with Gasteiger partial charge in [-0.05, 0) is 42.0 Å². The minimum absolute atomic E-state index is 0.263. The number of carbonyl (C=O) groups excluding carboxylic acids is 1. The maximum absolute atomic E-state index is 12.0. The molecular weight excluding hydrogens is 348 g/mol. The van der Waals surface area contributed by atoms with Gasteiger partial charge in [0.1, 0.15) is 12.4 Å². The number of nitrogens with zero attached hydrogens (tertiary/aromatic N) is 1. The molecule has 26 heavy (non-hydrogen) atoms. The first kappa shape index (κ1) is 17.7. The van der Waals surface area contributed by atoms with Crippen molar-refractivity contribution in [2.45, 2.75) is 6.61 Å². The topological polar surface area (TPSA) is 50.7 Å². The summed E-state index contributed by atoms with van der Waals surface area (Å²) in [5.41, 5.74) is 4.85. The standard InChI is InChI=1S/C21H17ClN2O2/c22-19-12-10-16(11-13-19)15-26-20-9-5-4-8-18(20)14-23-24-21(25)17-6-2-1-3-7-17/h1-14H,15H2,(H,24,25)/b23-14+. The Hall–Kier alpha value is -3.11. The van der Waals surface area contributed by atoms with Crippen molar-refractivity contribution in [1.29, 1.82) is 0 Å². The third-order valence-corrected chi connectivity index (χ3v) is 3.88. The van der Waals surface area contributed by atoms with E-state index in [1.807, 2.05) is 54.6 Å². The summed E-state index contributed by atoms with van der Waals surface area (Å²) in [4.78, 5) is 12.0. The Morgan fingerprint density at radius 2 is 1.65 bits per heavy atom. The van der Waals surface area contributed by atoms with Crippen molar-refractivity contribution < 1.29 is 9.53 Å². The van der Waals surface area contributed by atoms with E-state index in [-0.39, 0.29) is 5.91 Å². The predicted octanol–water partition coefficient (Wildman–Crippen LogP) is 4.68. The number of para-hydroxylation sites is 1. The first-order valence-corrected chi connectivity index (χ1v) is 8.45. The molecule has 0 saturated carbocycles. The third-order valence-electron chi connectivity index (χ3n) is 3.63. The molecule has 0 heterocycles. The molecule has 0 spiro atoms. The number of hydrogen-bond acceptors (Lipinski definition) is 3. The summed E-state index contributed by atoms with van der Waals surface area (Å²) < 4.78 is 5.86. The molecule has 0 unspecified atom stereocenters. The minimum Gasteiger partial charge on any atom is -0.488 e. The second-order valence-electron chi connectivity index (χ2n) is 5.52. The summed E-state index contributed by atoms with van der Waals surface area (Å²) in [6.07, 6.45) is 1.57. The van der Waals surface area contributed by atoms with Crippen molar-refractivity contribution in [3.05, 3.63) is 101 Å². The molecule has 0 atom stereocenters. The lowest BCUT2D eigenvalue weighted by atomic mass is 10.2. The third kappa shape index (κ3) is 4.94. The van der Waals surface area contributed by atoms with Crippen molar-refractivity contribution in [1.82, 2.24) is 5.43 Å². The van der Waals surface area contributed by atoms with Crippen molar-refractivity contribution in [2.24, 2.45) is 5.10 Å². The van der Waals surface area contributed by atoms with Crippen molar-refractivity contribution in [2.75, 3.05) is 0 Å². The highest BCUT2D eigenvalue weighted by atomic mass is 35.5. The minimum atomic E-state index is -0.263. The van der Waals surface area contributed by atoms with Crippen molar-refractivity contribution in [3.63, 3.8) is 0 Å². The van der Waals surface area contributed by atoms with Crippen LogP contribution in [0.25, 0.3) is 0 Å². The van der Waals surface area contributed by atoms with Gasteiger partial charge in [-0.1, -0.05) is 54.1 Å². The Kier molecular flexibility index (Phi) is 6.01. The number of benzene rings is 3. The largest absolute Gasteiger partial charge is 0.488 e. The number of rotatable bonds is 6. The Balaban J connectivity index is 1.63. The second-order valence-corrected chi connectivity index (χ2v) is 5.95. The average Bonchev–Trinajstić information content (AvgIpc) is 2.69. The van der Waals surface area contributed by atoms with E-state index in [1.165, 1.54) is 0 Å². The van der Waals surface area contributed by atoms with Crippen LogP contribution in [0.15, 0.2) is 84.0 Å². The summed E-state index contributed by atoms with van der Waals surface area (Å²) in [6, 6.07) is 23.9. The van der Waals surface area contributed by atoms with Gasteiger partial charge < -0.3 is 4.74 Å². The molecule has 3 aromatic rings. The summed E-state index contributed by atoms with van der Waals surface area (Å²) in [5.74, 6) is 0.418. The van der Waals surface area contributed by atoms with Gasteiger partial charge in [0, 0.05) is 16.1 Å². The van der Waals surface area contributed by atoms with Crippen molar-refractivity contribution in [3.8, 4) is 5.75 Å².